The van der Waals surface area contributed by atoms with Crippen LogP contribution in [0.2, 0.25) is 0 Å². The third-order valence-electron chi connectivity index (χ3n) is 4.16. The molecular formula is C17H28N2O. The molecule has 1 aromatic rings. The molecule has 0 amide bonds. The third-order valence-corrected chi connectivity index (χ3v) is 4.16. The van der Waals surface area contributed by atoms with Gasteiger partial charge >= 0.3 is 0 Å². The fourth-order valence-electron chi connectivity index (χ4n) is 2.97. The first-order valence-corrected chi connectivity index (χ1v) is 7.87. The Labute approximate surface area is 123 Å². The molecule has 0 aliphatic carbocycles. The normalized spacial score (nSPS) is 17.9. The van der Waals surface area contributed by atoms with E-state index in [2.05, 4.69) is 42.3 Å². The molecular weight excluding hydrogens is 248 g/mol. The number of nitrogens with one attached hydrogen (secondary N) is 1. The smallest absolute Gasteiger partial charge is 0.123 e. The van der Waals surface area contributed by atoms with Crippen molar-refractivity contribution in [2.24, 2.45) is 0 Å². The second-order valence-electron chi connectivity index (χ2n) is 5.69. The van der Waals surface area contributed by atoms with Gasteiger partial charge in [0.25, 0.3) is 0 Å². The number of nitrogens with zero attached hydrogens (tertiary/aromatic N) is 1. The van der Waals surface area contributed by atoms with E-state index in [0.717, 1.165) is 18.8 Å². The van der Waals surface area contributed by atoms with Crippen molar-refractivity contribution in [2.45, 2.75) is 45.7 Å². The van der Waals surface area contributed by atoms with Gasteiger partial charge in [-0.1, -0.05) is 19.4 Å². The van der Waals surface area contributed by atoms with Crippen molar-refractivity contribution >= 4 is 0 Å². The average molecular weight is 276 g/mol. The molecule has 3 nitrogen and oxygen atoms in total. The first kappa shape index (κ1) is 15.3. The minimum absolute atomic E-state index is 0.394. The van der Waals surface area contributed by atoms with Crippen molar-refractivity contribution in [3.8, 4) is 5.75 Å². The van der Waals surface area contributed by atoms with Gasteiger partial charge in [0.2, 0.25) is 0 Å². The molecule has 0 bridgehead atoms. The predicted molar refractivity (Wildman–Crippen MR) is 84.2 cm³/mol. The molecule has 20 heavy (non-hydrogen) atoms. The van der Waals surface area contributed by atoms with E-state index in [-0.39, 0.29) is 0 Å². The molecule has 2 rings (SSSR count). The van der Waals surface area contributed by atoms with Crippen LogP contribution in [0, 0.1) is 0 Å². The summed E-state index contributed by atoms with van der Waals surface area (Å²) in [5.74, 6) is 1.02. The lowest BCUT2D eigenvalue weighted by Crippen LogP contribution is -2.29. The summed E-state index contributed by atoms with van der Waals surface area (Å²) < 4.78 is 5.53. The van der Waals surface area contributed by atoms with Gasteiger partial charge in [-0.25, -0.2) is 0 Å². The highest BCUT2D eigenvalue weighted by Gasteiger charge is 2.14. The lowest BCUT2D eigenvalue weighted by Gasteiger charge is -2.27. The molecule has 3 heteroatoms. The Morgan fingerprint density at radius 3 is 2.65 bits per heavy atom. The van der Waals surface area contributed by atoms with Crippen LogP contribution in [0.3, 0.4) is 0 Å². The maximum Gasteiger partial charge on any atom is 0.123 e. The monoisotopic (exact) mass is 276 g/mol. The minimum Gasteiger partial charge on any atom is -0.496 e. The van der Waals surface area contributed by atoms with Gasteiger partial charge in [0, 0.05) is 18.2 Å². The Kier molecular flexibility index (Phi) is 5.86. The van der Waals surface area contributed by atoms with E-state index in [1.165, 1.54) is 43.5 Å². The summed E-state index contributed by atoms with van der Waals surface area (Å²) in [5, 5.41) is 3.48. The maximum absolute atomic E-state index is 5.53. The van der Waals surface area contributed by atoms with Crippen LogP contribution in [0.15, 0.2) is 18.2 Å². The zero-order valence-electron chi connectivity index (χ0n) is 13.1. The fourth-order valence-corrected chi connectivity index (χ4v) is 2.97. The van der Waals surface area contributed by atoms with Crippen molar-refractivity contribution in [1.82, 2.24) is 10.2 Å². The number of methoxy groups -OCH3 is 1. The number of rotatable bonds is 6. The summed E-state index contributed by atoms with van der Waals surface area (Å²) >= 11 is 0. The van der Waals surface area contributed by atoms with E-state index < -0.39 is 0 Å². The summed E-state index contributed by atoms with van der Waals surface area (Å²) in [7, 11) is 1.77. The van der Waals surface area contributed by atoms with Crippen LogP contribution in [-0.4, -0.2) is 31.6 Å². The first-order chi connectivity index (χ1) is 9.74. The maximum atomic E-state index is 5.53. The van der Waals surface area contributed by atoms with E-state index in [0.29, 0.717) is 6.04 Å². The molecule has 1 aliphatic rings. The molecule has 1 unspecified atom stereocenters. The minimum atomic E-state index is 0.394. The van der Waals surface area contributed by atoms with E-state index in [1.807, 2.05) is 0 Å². The van der Waals surface area contributed by atoms with Gasteiger partial charge in [0.05, 0.1) is 7.11 Å². The van der Waals surface area contributed by atoms with Gasteiger partial charge in [-0.05, 0) is 57.1 Å². The molecule has 0 aromatic heterocycles. The first-order valence-electron chi connectivity index (χ1n) is 7.87. The van der Waals surface area contributed by atoms with E-state index in [9.17, 15) is 0 Å². The van der Waals surface area contributed by atoms with Crippen molar-refractivity contribution in [1.29, 1.82) is 0 Å². The van der Waals surface area contributed by atoms with Crippen LogP contribution >= 0.6 is 0 Å². The summed E-state index contributed by atoms with van der Waals surface area (Å²) in [6, 6.07) is 6.99. The Bertz CT molecular complexity index is 413. The zero-order chi connectivity index (χ0) is 14.4. The van der Waals surface area contributed by atoms with Gasteiger partial charge < -0.3 is 10.1 Å². The number of benzene rings is 1. The Morgan fingerprint density at radius 2 is 2.00 bits per heavy atom. The predicted octanol–water partition coefficient (Wildman–Crippen LogP) is 3.35. The molecule has 1 atom stereocenters. The molecule has 1 aromatic carbocycles. The Hall–Kier alpha value is -1.06. The Balaban J connectivity index is 2.13. The Morgan fingerprint density at radius 1 is 1.25 bits per heavy atom. The quantitative estimate of drug-likeness (QED) is 0.862. The van der Waals surface area contributed by atoms with E-state index in [1.54, 1.807) is 7.11 Å². The molecule has 0 saturated carbocycles. The highest BCUT2D eigenvalue weighted by Crippen LogP contribution is 2.25. The van der Waals surface area contributed by atoms with Crippen molar-refractivity contribution in [3.05, 3.63) is 29.3 Å². The molecule has 112 valence electrons. The van der Waals surface area contributed by atoms with Crippen LogP contribution in [0.25, 0.3) is 0 Å². The molecule has 1 aliphatic heterocycles. The largest absolute Gasteiger partial charge is 0.496 e. The van der Waals surface area contributed by atoms with Crippen molar-refractivity contribution in [2.75, 3.05) is 26.7 Å². The zero-order valence-corrected chi connectivity index (χ0v) is 13.1. The third kappa shape index (κ3) is 3.97. The van der Waals surface area contributed by atoms with Crippen molar-refractivity contribution < 1.29 is 4.74 Å². The number of hydrogen-bond donors (Lipinski definition) is 1. The highest BCUT2D eigenvalue weighted by atomic mass is 16.5. The molecule has 1 heterocycles. The second kappa shape index (κ2) is 7.65. The molecule has 1 fully saturated rings. The second-order valence-corrected chi connectivity index (χ2v) is 5.69. The van der Waals surface area contributed by atoms with Crippen LogP contribution in [-0.2, 0) is 6.54 Å². The van der Waals surface area contributed by atoms with Crippen LogP contribution in [0.1, 0.15) is 50.3 Å². The SMILES string of the molecule is CCNC(C)c1ccc(OC)c(CN2CCCCC2)c1. The van der Waals surface area contributed by atoms with Gasteiger partial charge in [0.15, 0.2) is 0 Å². The highest BCUT2D eigenvalue weighted by molar-refractivity contribution is 5.38. The molecule has 1 N–H and O–H groups in total. The van der Waals surface area contributed by atoms with Crippen LogP contribution in [0.5, 0.6) is 5.75 Å². The summed E-state index contributed by atoms with van der Waals surface area (Å²) in [6.45, 7) is 8.81. The number of hydrogen-bond acceptors (Lipinski definition) is 3. The lowest BCUT2D eigenvalue weighted by molar-refractivity contribution is 0.218. The fraction of sp³-hybridized carbons (Fsp3) is 0.647. The van der Waals surface area contributed by atoms with Gasteiger partial charge in [-0.15, -0.1) is 0 Å². The van der Waals surface area contributed by atoms with Crippen LogP contribution < -0.4 is 10.1 Å². The van der Waals surface area contributed by atoms with Gasteiger partial charge in [-0.2, -0.15) is 0 Å². The number of piperidine rings is 1. The summed E-state index contributed by atoms with van der Waals surface area (Å²) in [6.07, 6.45) is 4.04. The van der Waals surface area contributed by atoms with Crippen LogP contribution in [0.4, 0.5) is 0 Å². The molecule has 0 radical (unpaired) electrons. The lowest BCUT2D eigenvalue weighted by atomic mass is 10.0. The number of likely N-dealkylation sites (tertiary alicyclic amines) is 1. The topological polar surface area (TPSA) is 24.5 Å². The summed E-state index contributed by atoms with van der Waals surface area (Å²) in [5.41, 5.74) is 2.66. The average Bonchev–Trinajstić information content (AvgIpc) is 2.48. The van der Waals surface area contributed by atoms with Gasteiger partial charge in [-0.3, -0.25) is 4.90 Å². The standard InChI is InChI=1S/C17H28N2O/c1-4-18-14(2)15-8-9-17(20-3)16(12-15)13-19-10-6-5-7-11-19/h8-9,12,14,18H,4-7,10-11,13H2,1-3H3. The molecule has 1 saturated heterocycles. The van der Waals surface area contributed by atoms with Gasteiger partial charge in [0.1, 0.15) is 5.75 Å². The molecule has 0 spiro atoms. The van der Waals surface area contributed by atoms with Crippen molar-refractivity contribution in [3.63, 3.8) is 0 Å². The van der Waals surface area contributed by atoms with E-state index in [4.69, 9.17) is 4.74 Å². The number of ether oxygens (including phenoxy) is 1. The summed E-state index contributed by atoms with van der Waals surface area (Å²) in [4.78, 5) is 2.54. The van der Waals surface area contributed by atoms with E-state index >= 15 is 0 Å².